The molecule has 20 heavy (non-hydrogen) atoms. The van der Waals surface area contributed by atoms with Crippen LogP contribution in [0.4, 0.5) is 4.39 Å². The molecule has 1 heterocycles. The van der Waals surface area contributed by atoms with Crippen LogP contribution >= 0.6 is 27.3 Å². The summed E-state index contributed by atoms with van der Waals surface area (Å²) in [6, 6.07) is 13.0. The molecular formula is C16H13BrFNS. The Morgan fingerprint density at radius 1 is 1.25 bits per heavy atom. The monoisotopic (exact) mass is 349 g/mol. The molecule has 0 aliphatic heterocycles. The van der Waals surface area contributed by atoms with Crippen LogP contribution < -0.4 is 0 Å². The average Bonchev–Trinajstić information content (AvgIpc) is 2.83. The Bertz CT molecular complexity index is 720. The van der Waals surface area contributed by atoms with Gasteiger partial charge in [-0.1, -0.05) is 34.1 Å². The van der Waals surface area contributed by atoms with Gasteiger partial charge in [0.2, 0.25) is 0 Å². The zero-order chi connectivity index (χ0) is 14.1. The van der Waals surface area contributed by atoms with Crippen LogP contribution in [-0.4, -0.2) is 4.98 Å². The van der Waals surface area contributed by atoms with Crippen LogP contribution in [-0.2, 0) is 6.42 Å². The van der Waals surface area contributed by atoms with Crippen molar-refractivity contribution in [2.45, 2.75) is 18.2 Å². The molecule has 0 radical (unpaired) electrons. The third-order valence-corrected chi connectivity index (χ3v) is 5.15. The predicted molar refractivity (Wildman–Crippen MR) is 86.1 cm³/mol. The fourth-order valence-electron chi connectivity index (χ4n) is 2.22. The molecule has 0 saturated carbocycles. The molecule has 1 atom stereocenters. The molecule has 102 valence electrons. The van der Waals surface area contributed by atoms with Crippen LogP contribution in [0.25, 0.3) is 10.2 Å². The van der Waals surface area contributed by atoms with Gasteiger partial charge in [0.05, 0.1) is 15.2 Å². The van der Waals surface area contributed by atoms with Crippen LogP contribution in [0, 0.1) is 12.7 Å². The highest BCUT2D eigenvalue weighted by atomic mass is 79.9. The maximum atomic E-state index is 13.4. The minimum atomic E-state index is -0.195. The number of aromatic nitrogens is 1. The lowest BCUT2D eigenvalue weighted by Crippen LogP contribution is -1.98. The highest BCUT2D eigenvalue weighted by Crippen LogP contribution is 2.32. The molecule has 3 rings (SSSR count). The van der Waals surface area contributed by atoms with E-state index in [0.717, 1.165) is 28.1 Å². The van der Waals surface area contributed by atoms with Crippen molar-refractivity contribution in [3.63, 3.8) is 0 Å². The summed E-state index contributed by atoms with van der Waals surface area (Å²) in [4.78, 5) is 4.71. The van der Waals surface area contributed by atoms with E-state index >= 15 is 0 Å². The summed E-state index contributed by atoms with van der Waals surface area (Å²) in [5.74, 6) is -0.195. The van der Waals surface area contributed by atoms with E-state index in [1.54, 1.807) is 17.4 Å². The fraction of sp³-hybridized carbons (Fsp3) is 0.188. The smallest absolute Gasteiger partial charge is 0.123 e. The van der Waals surface area contributed by atoms with Crippen molar-refractivity contribution in [2.24, 2.45) is 0 Å². The summed E-state index contributed by atoms with van der Waals surface area (Å²) in [6.07, 6.45) is 0.768. The number of benzene rings is 2. The van der Waals surface area contributed by atoms with Crippen molar-refractivity contribution in [2.75, 3.05) is 0 Å². The topological polar surface area (TPSA) is 12.9 Å². The number of hydrogen-bond donors (Lipinski definition) is 0. The van der Waals surface area contributed by atoms with Crippen LogP contribution in [0.5, 0.6) is 0 Å². The van der Waals surface area contributed by atoms with Crippen molar-refractivity contribution in [3.05, 3.63) is 64.4 Å². The first kappa shape index (κ1) is 13.7. The zero-order valence-electron chi connectivity index (χ0n) is 10.9. The van der Waals surface area contributed by atoms with E-state index in [4.69, 9.17) is 0 Å². The van der Waals surface area contributed by atoms with Crippen LogP contribution in [0.3, 0.4) is 0 Å². The van der Waals surface area contributed by atoms with Gasteiger partial charge in [0.25, 0.3) is 0 Å². The number of alkyl halides is 1. The van der Waals surface area contributed by atoms with E-state index in [1.807, 2.05) is 31.2 Å². The number of aryl methyl sites for hydroxylation is 1. The average molecular weight is 350 g/mol. The number of halogens is 2. The third-order valence-electron chi connectivity index (χ3n) is 3.27. The summed E-state index contributed by atoms with van der Waals surface area (Å²) in [5.41, 5.74) is 3.11. The molecular weight excluding hydrogens is 337 g/mol. The summed E-state index contributed by atoms with van der Waals surface area (Å²) >= 11 is 5.36. The lowest BCUT2D eigenvalue weighted by Gasteiger charge is -2.11. The second kappa shape index (κ2) is 5.62. The number of nitrogens with zero attached hydrogens (tertiary/aromatic N) is 1. The van der Waals surface area contributed by atoms with Gasteiger partial charge in [0.15, 0.2) is 0 Å². The molecule has 0 N–H and O–H groups in total. The van der Waals surface area contributed by atoms with Crippen molar-refractivity contribution in [3.8, 4) is 0 Å². The molecule has 1 nitrogen and oxygen atoms in total. The number of fused-ring (bicyclic) bond motifs is 1. The standard InChI is InChI=1S/C16H13BrFNS/c1-10-6-7-11(18)8-12(10)13(17)9-16-19-14-4-2-3-5-15(14)20-16/h2-8,13H,9H2,1H3. The Hall–Kier alpha value is -1.26. The summed E-state index contributed by atoms with van der Waals surface area (Å²) < 4.78 is 14.6. The van der Waals surface area contributed by atoms with Crippen molar-refractivity contribution in [1.82, 2.24) is 4.98 Å². The van der Waals surface area contributed by atoms with Gasteiger partial charge in [-0.25, -0.2) is 9.37 Å². The summed E-state index contributed by atoms with van der Waals surface area (Å²) in [6.45, 7) is 2.00. The van der Waals surface area contributed by atoms with Gasteiger partial charge >= 0.3 is 0 Å². The van der Waals surface area contributed by atoms with E-state index in [-0.39, 0.29) is 10.6 Å². The van der Waals surface area contributed by atoms with Crippen molar-refractivity contribution < 1.29 is 4.39 Å². The number of para-hydroxylation sites is 1. The summed E-state index contributed by atoms with van der Waals surface area (Å²) in [7, 11) is 0. The molecule has 0 spiro atoms. The largest absolute Gasteiger partial charge is 0.241 e. The fourth-order valence-corrected chi connectivity index (χ4v) is 4.25. The van der Waals surface area contributed by atoms with Crippen molar-refractivity contribution in [1.29, 1.82) is 0 Å². The lowest BCUT2D eigenvalue weighted by molar-refractivity contribution is 0.624. The predicted octanol–water partition coefficient (Wildman–Crippen LogP) is 5.42. The highest BCUT2D eigenvalue weighted by molar-refractivity contribution is 9.09. The van der Waals surface area contributed by atoms with Gasteiger partial charge in [0, 0.05) is 11.2 Å². The quantitative estimate of drug-likeness (QED) is 0.575. The SMILES string of the molecule is Cc1ccc(F)cc1C(Br)Cc1nc2ccccc2s1. The Morgan fingerprint density at radius 2 is 2.05 bits per heavy atom. The lowest BCUT2D eigenvalue weighted by atomic mass is 10.0. The zero-order valence-corrected chi connectivity index (χ0v) is 13.3. The molecule has 0 bridgehead atoms. The third kappa shape index (κ3) is 2.76. The number of rotatable bonds is 3. The first-order valence-electron chi connectivity index (χ1n) is 6.38. The molecule has 0 amide bonds. The van der Waals surface area contributed by atoms with Crippen molar-refractivity contribution >= 4 is 37.5 Å². The van der Waals surface area contributed by atoms with Gasteiger partial charge in [-0.2, -0.15) is 0 Å². The minimum Gasteiger partial charge on any atom is -0.241 e. The highest BCUT2D eigenvalue weighted by Gasteiger charge is 2.14. The first-order valence-corrected chi connectivity index (χ1v) is 8.11. The Balaban J connectivity index is 1.88. The van der Waals surface area contributed by atoms with E-state index < -0.39 is 0 Å². The number of thiazole rings is 1. The second-order valence-corrected chi connectivity index (χ2v) is 6.97. The Morgan fingerprint density at radius 3 is 2.85 bits per heavy atom. The van der Waals surface area contributed by atoms with Gasteiger partial charge in [-0.05, 0) is 42.3 Å². The summed E-state index contributed by atoms with van der Waals surface area (Å²) in [5, 5.41) is 1.07. The van der Waals surface area contributed by atoms with Crippen LogP contribution in [0.15, 0.2) is 42.5 Å². The van der Waals surface area contributed by atoms with Gasteiger partial charge in [-0.15, -0.1) is 11.3 Å². The van der Waals surface area contributed by atoms with Gasteiger partial charge in [-0.3, -0.25) is 0 Å². The van der Waals surface area contributed by atoms with E-state index in [9.17, 15) is 4.39 Å². The molecule has 0 saturated heterocycles. The molecule has 1 unspecified atom stereocenters. The maximum Gasteiger partial charge on any atom is 0.123 e. The van der Waals surface area contributed by atoms with Crippen LogP contribution in [0.2, 0.25) is 0 Å². The Kier molecular flexibility index (Phi) is 3.85. The molecule has 0 aliphatic rings. The Labute approximate surface area is 129 Å². The molecule has 4 heteroatoms. The molecule has 0 fully saturated rings. The first-order chi connectivity index (χ1) is 9.63. The second-order valence-electron chi connectivity index (χ2n) is 4.75. The molecule has 1 aromatic heterocycles. The normalized spacial score (nSPS) is 12.8. The number of hydrogen-bond acceptors (Lipinski definition) is 2. The van der Waals surface area contributed by atoms with Crippen LogP contribution in [0.1, 0.15) is 21.0 Å². The van der Waals surface area contributed by atoms with Gasteiger partial charge < -0.3 is 0 Å². The minimum absolute atomic E-state index is 0.0822. The molecule has 0 aliphatic carbocycles. The maximum absolute atomic E-state index is 13.4. The van der Waals surface area contributed by atoms with E-state index in [1.165, 1.54) is 10.8 Å². The molecule has 2 aromatic carbocycles. The molecule has 3 aromatic rings. The van der Waals surface area contributed by atoms with E-state index in [0.29, 0.717) is 0 Å². The van der Waals surface area contributed by atoms with E-state index in [2.05, 4.69) is 27.0 Å². The van der Waals surface area contributed by atoms with Gasteiger partial charge in [0.1, 0.15) is 5.82 Å².